The fourth-order valence-electron chi connectivity index (χ4n) is 0.991. The number of anilines is 1. The number of carbonyl (C=O) groups excluding carboxylic acids is 1. The quantitative estimate of drug-likeness (QED) is 0.779. The molecule has 1 rings (SSSR count). The molecule has 1 amide bonds. The zero-order valence-electron chi connectivity index (χ0n) is 8.45. The van der Waals surface area contributed by atoms with Gasteiger partial charge in [0.15, 0.2) is 11.6 Å². The zero-order valence-corrected chi connectivity index (χ0v) is 9.35. The predicted octanol–water partition coefficient (Wildman–Crippen LogP) is 2.09. The van der Waals surface area contributed by atoms with Crippen molar-refractivity contribution >= 4 is 24.2 Å². The minimum absolute atomic E-state index is 0.145. The maximum atomic E-state index is 13.2. The van der Waals surface area contributed by atoms with E-state index in [2.05, 4.69) is 17.9 Å². The van der Waals surface area contributed by atoms with E-state index in [4.69, 9.17) is 4.74 Å². The molecule has 0 aliphatic carbocycles. The molecule has 0 spiro atoms. The molecular formula is C10H12FNO2S. The first-order chi connectivity index (χ1) is 7.04. The number of hydrogen-bond donors (Lipinski definition) is 2. The van der Waals surface area contributed by atoms with Crippen LogP contribution in [0.25, 0.3) is 0 Å². The molecule has 1 N–H and O–H groups in total. The average Bonchev–Trinajstić information content (AvgIpc) is 2.18. The molecule has 0 bridgehead atoms. The van der Waals surface area contributed by atoms with Crippen LogP contribution in [0.15, 0.2) is 18.2 Å². The Morgan fingerprint density at radius 3 is 2.73 bits per heavy atom. The van der Waals surface area contributed by atoms with E-state index in [9.17, 15) is 9.18 Å². The number of nitrogens with one attached hydrogen (secondary N) is 1. The van der Waals surface area contributed by atoms with E-state index in [0.29, 0.717) is 5.69 Å². The molecule has 0 aromatic heterocycles. The monoisotopic (exact) mass is 229 g/mol. The Kier molecular flexibility index (Phi) is 3.96. The van der Waals surface area contributed by atoms with Crippen LogP contribution in [0.2, 0.25) is 0 Å². The van der Waals surface area contributed by atoms with Gasteiger partial charge in [0, 0.05) is 11.8 Å². The summed E-state index contributed by atoms with van der Waals surface area (Å²) >= 11 is 3.96. The highest BCUT2D eigenvalue weighted by Gasteiger charge is 2.09. The standard InChI is InChI=1S/C10H12FNO2S/c1-6(15)10(13)12-7-3-4-9(14-2)8(11)5-7/h3-6,15H,1-2H3,(H,12,13). The van der Waals surface area contributed by atoms with Crippen LogP contribution in [0.3, 0.4) is 0 Å². The van der Waals surface area contributed by atoms with Crippen molar-refractivity contribution < 1.29 is 13.9 Å². The number of thiol groups is 1. The van der Waals surface area contributed by atoms with Crippen molar-refractivity contribution in [1.29, 1.82) is 0 Å². The number of carbonyl (C=O) groups is 1. The van der Waals surface area contributed by atoms with Gasteiger partial charge >= 0.3 is 0 Å². The van der Waals surface area contributed by atoms with E-state index in [1.54, 1.807) is 13.0 Å². The minimum atomic E-state index is -0.512. The van der Waals surface area contributed by atoms with Crippen LogP contribution >= 0.6 is 12.6 Å². The summed E-state index contributed by atoms with van der Waals surface area (Å²) in [5.41, 5.74) is 0.388. The highest BCUT2D eigenvalue weighted by atomic mass is 32.1. The molecule has 1 aromatic rings. The van der Waals surface area contributed by atoms with Crippen molar-refractivity contribution in [2.24, 2.45) is 0 Å². The third-order valence-electron chi connectivity index (χ3n) is 1.80. The van der Waals surface area contributed by atoms with Crippen molar-refractivity contribution in [3.05, 3.63) is 24.0 Å². The van der Waals surface area contributed by atoms with Crippen LogP contribution in [-0.2, 0) is 4.79 Å². The summed E-state index contributed by atoms with van der Waals surface area (Å²) in [7, 11) is 1.38. The lowest BCUT2D eigenvalue weighted by atomic mass is 10.3. The second kappa shape index (κ2) is 5.02. The fraction of sp³-hybridized carbons (Fsp3) is 0.300. The molecule has 1 unspecified atom stereocenters. The smallest absolute Gasteiger partial charge is 0.236 e. The van der Waals surface area contributed by atoms with Crippen LogP contribution in [0.4, 0.5) is 10.1 Å². The molecule has 0 fully saturated rings. The molecule has 0 saturated carbocycles. The second-order valence-corrected chi connectivity index (χ2v) is 3.79. The first-order valence-corrected chi connectivity index (χ1v) is 4.88. The molecule has 0 aliphatic rings. The van der Waals surface area contributed by atoms with Gasteiger partial charge in [-0.3, -0.25) is 4.79 Å². The van der Waals surface area contributed by atoms with Crippen LogP contribution in [-0.4, -0.2) is 18.3 Å². The molecule has 1 atom stereocenters. The van der Waals surface area contributed by atoms with E-state index in [-0.39, 0.29) is 11.7 Å². The van der Waals surface area contributed by atoms with Gasteiger partial charge in [0.25, 0.3) is 0 Å². The molecule has 1 aromatic carbocycles. The molecule has 3 nitrogen and oxygen atoms in total. The second-order valence-electron chi connectivity index (χ2n) is 3.01. The maximum Gasteiger partial charge on any atom is 0.236 e. The van der Waals surface area contributed by atoms with Gasteiger partial charge in [0.2, 0.25) is 5.91 Å². The summed E-state index contributed by atoms with van der Waals surface area (Å²) in [6, 6.07) is 4.22. The van der Waals surface area contributed by atoms with Crippen molar-refractivity contribution in [3.63, 3.8) is 0 Å². The molecule has 0 heterocycles. The Labute approximate surface area is 93.0 Å². The third-order valence-corrected chi connectivity index (χ3v) is 2.03. The Balaban J connectivity index is 2.80. The van der Waals surface area contributed by atoms with Crippen molar-refractivity contribution in [2.45, 2.75) is 12.2 Å². The predicted molar refractivity (Wildman–Crippen MR) is 60.0 cm³/mol. The Morgan fingerprint density at radius 2 is 2.27 bits per heavy atom. The highest BCUT2D eigenvalue weighted by molar-refractivity contribution is 7.81. The number of amides is 1. The van der Waals surface area contributed by atoms with E-state index in [1.807, 2.05) is 0 Å². The third kappa shape index (κ3) is 3.13. The summed E-state index contributed by atoms with van der Waals surface area (Å²) in [4.78, 5) is 11.2. The summed E-state index contributed by atoms with van der Waals surface area (Å²) in [5, 5.41) is 2.09. The van der Waals surface area contributed by atoms with Gasteiger partial charge < -0.3 is 10.1 Å². The lowest BCUT2D eigenvalue weighted by Gasteiger charge is -2.08. The van der Waals surface area contributed by atoms with Crippen molar-refractivity contribution in [1.82, 2.24) is 0 Å². The Bertz CT molecular complexity index is 368. The highest BCUT2D eigenvalue weighted by Crippen LogP contribution is 2.20. The van der Waals surface area contributed by atoms with Gasteiger partial charge in [-0.1, -0.05) is 0 Å². The van der Waals surface area contributed by atoms with Crippen LogP contribution in [0, 0.1) is 5.82 Å². The van der Waals surface area contributed by atoms with Crippen LogP contribution in [0.1, 0.15) is 6.92 Å². The van der Waals surface area contributed by atoms with Crippen molar-refractivity contribution in [2.75, 3.05) is 12.4 Å². The van der Waals surface area contributed by atoms with Crippen LogP contribution in [0.5, 0.6) is 5.75 Å². The fourth-order valence-corrected chi connectivity index (χ4v) is 1.06. The maximum absolute atomic E-state index is 13.2. The first kappa shape index (κ1) is 11.8. The lowest BCUT2D eigenvalue weighted by molar-refractivity contribution is -0.115. The van der Waals surface area contributed by atoms with E-state index in [0.717, 1.165) is 0 Å². The topological polar surface area (TPSA) is 38.3 Å². The average molecular weight is 229 g/mol. The van der Waals surface area contributed by atoms with E-state index < -0.39 is 11.1 Å². The van der Waals surface area contributed by atoms with E-state index >= 15 is 0 Å². The zero-order chi connectivity index (χ0) is 11.4. The van der Waals surface area contributed by atoms with Gasteiger partial charge in [-0.05, 0) is 19.1 Å². The number of rotatable bonds is 3. The Morgan fingerprint density at radius 1 is 1.60 bits per heavy atom. The molecule has 15 heavy (non-hydrogen) atoms. The van der Waals surface area contributed by atoms with Gasteiger partial charge in [0.1, 0.15) is 0 Å². The van der Waals surface area contributed by atoms with Crippen molar-refractivity contribution in [3.8, 4) is 5.75 Å². The summed E-state index contributed by atoms with van der Waals surface area (Å²) in [5.74, 6) is -0.642. The van der Waals surface area contributed by atoms with Gasteiger partial charge in [-0.2, -0.15) is 12.6 Å². The van der Waals surface area contributed by atoms with Gasteiger partial charge in [-0.15, -0.1) is 0 Å². The summed E-state index contributed by atoms with van der Waals surface area (Å²) in [6.45, 7) is 1.64. The van der Waals surface area contributed by atoms with E-state index in [1.165, 1.54) is 19.2 Å². The van der Waals surface area contributed by atoms with Gasteiger partial charge in [0.05, 0.1) is 12.4 Å². The SMILES string of the molecule is COc1ccc(NC(=O)C(C)S)cc1F. The van der Waals surface area contributed by atoms with Crippen LogP contribution < -0.4 is 10.1 Å². The Hall–Kier alpha value is -1.23. The summed E-state index contributed by atoms with van der Waals surface area (Å²) < 4.78 is 18.0. The molecule has 0 saturated heterocycles. The molecule has 82 valence electrons. The number of ether oxygens (including phenoxy) is 1. The van der Waals surface area contributed by atoms with Gasteiger partial charge in [-0.25, -0.2) is 4.39 Å². The minimum Gasteiger partial charge on any atom is -0.494 e. The first-order valence-electron chi connectivity index (χ1n) is 4.37. The molecule has 5 heteroatoms. The number of hydrogen-bond acceptors (Lipinski definition) is 3. The number of halogens is 1. The molecule has 0 radical (unpaired) electrons. The normalized spacial score (nSPS) is 12.0. The number of methoxy groups -OCH3 is 1. The molecule has 0 aliphatic heterocycles. The largest absolute Gasteiger partial charge is 0.494 e. The lowest BCUT2D eigenvalue weighted by Crippen LogP contribution is -2.20. The number of benzene rings is 1. The summed E-state index contributed by atoms with van der Waals surface area (Å²) in [6.07, 6.45) is 0. The molecular weight excluding hydrogens is 217 g/mol.